The van der Waals surface area contributed by atoms with Crippen LogP contribution in [0.15, 0.2) is 18.2 Å². The smallest absolute Gasteiger partial charge is 0.338 e. The lowest BCUT2D eigenvalue weighted by molar-refractivity contribution is -0.143. The second kappa shape index (κ2) is 55.6. The minimum atomic E-state index is -3.54. The number of rotatable bonds is 60. The number of carbonyl (C=O) groups excluding carboxylic acids is 2. The number of ether oxygens (including phenoxy) is 11. The van der Waals surface area contributed by atoms with E-state index in [4.69, 9.17) is 56.6 Å². The predicted molar refractivity (Wildman–Crippen MR) is 303 cm³/mol. The van der Waals surface area contributed by atoms with Gasteiger partial charge in [-0.25, -0.2) is 4.79 Å². The maximum Gasteiger partial charge on any atom is 0.338 e. The van der Waals surface area contributed by atoms with Crippen molar-refractivity contribution in [3.8, 4) is 11.5 Å². The monoisotopic (exact) mass is 1130 g/mol. The molecule has 16 nitrogen and oxygen atoms in total. The summed E-state index contributed by atoms with van der Waals surface area (Å²) in [5, 5.41) is 0. The Bertz CT molecular complexity index is 1420. The van der Waals surface area contributed by atoms with Gasteiger partial charge in [0.1, 0.15) is 24.7 Å². The van der Waals surface area contributed by atoms with Gasteiger partial charge in [0.25, 0.3) is 0 Å². The van der Waals surface area contributed by atoms with E-state index in [-0.39, 0.29) is 32.0 Å². The normalized spacial score (nSPS) is 12.3. The highest BCUT2D eigenvalue weighted by atomic mass is 33.1. The number of esters is 2. The average molecular weight is 1130 g/mol. The molecule has 0 amide bonds. The Kier molecular flexibility index (Phi) is 52.9. The van der Waals surface area contributed by atoms with Gasteiger partial charge in [0.05, 0.1) is 117 Å². The molecule has 1 N–H and O–H groups in total. The molecule has 1 unspecified atom stereocenters. The molecule has 0 heterocycles. The van der Waals surface area contributed by atoms with E-state index in [2.05, 4.69) is 13.8 Å². The minimum Gasteiger partial charge on any atom is -0.493 e. The molecule has 440 valence electrons. The molecule has 0 aliphatic heterocycles. The number of unbranched alkanes of at least 4 members (excludes halogenated alkanes) is 19. The Morgan fingerprint density at radius 1 is 0.427 bits per heavy atom. The predicted octanol–water partition coefficient (Wildman–Crippen LogP) is 12.9. The summed E-state index contributed by atoms with van der Waals surface area (Å²) in [4.78, 5) is 34.8. The van der Waals surface area contributed by atoms with Gasteiger partial charge >= 0.3 is 19.5 Å². The third-order valence-electron chi connectivity index (χ3n) is 11.6. The molecule has 75 heavy (non-hydrogen) atoms. The van der Waals surface area contributed by atoms with Crippen LogP contribution in [0.4, 0.5) is 0 Å². The minimum absolute atomic E-state index is 0.0375. The van der Waals surface area contributed by atoms with Crippen LogP contribution in [0, 0.1) is 0 Å². The van der Waals surface area contributed by atoms with Crippen molar-refractivity contribution in [1.29, 1.82) is 0 Å². The van der Waals surface area contributed by atoms with E-state index in [1.807, 2.05) is 6.07 Å². The van der Waals surface area contributed by atoms with E-state index in [0.717, 1.165) is 32.1 Å². The quantitative estimate of drug-likeness (QED) is 0.0281. The Hall–Kier alpha value is -1.67. The van der Waals surface area contributed by atoms with Crippen molar-refractivity contribution in [3.63, 3.8) is 0 Å². The van der Waals surface area contributed by atoms with Gasteiger partial charge in [-0.15, -0.1) is 0 Å². The molecular formula is C56H103O16PS2. The van der Waals surface area contributed by atoms with E-state index in [1.54, 1.807) is 40.6 Å². The van der Waals surface area contributed by atoms with E-state index in [0.29, 0.717) is 147 Å². The Balaban J connectivity index is 2.06. The molecular weight excluding hydrogens is 1020 g/mol. The van der Waals surface area contributed by atoms with Crippen LogP contribution in [-0.2, 0) is 56.5 Å². The topological polar surface area (TPSA) is 182 Å². The zero-order chi connectivity index (χ0) is 54.2. The summed E-state index contributed by atoms with van der Waals surface area (Å²) in [6, 6.07) is 5.43. The molecule has 1 aromatic carbocycles. The van der Waals surface area contributed by atoms with Gasteiger partial charge in [0.2, 0.25) is 0 Å². The lowest BCUT2D eigenvalue weighted by Gasteiger charge is -2.13. The molecule has 0 saturated heterocycles. The first-order valence-corrected chi connectivity index (χ1v) is 33.0. The Morgan fingerprint density at radius 2 is 0.787 bits per heavy atom. The van der Waals surface area contributed by atoms with Crippen LogP contribution in [0.3, 0.4) is 0 Å². The molecule has 0 aromatic heterocycles. The third-order valence-corrected chi connectivity index (χ3v) is 15.3. The summed E-state index contributed by atoms with van der Waals surface area (Å²) >= 11 is 0. The van der Waals surface area contributed by atoms with Gasteiger partial charge in [-0.1, -0.05) is 151 Å². The molecule has 1 atom stereocenters. The van der Waals surface area contributed by atoms with Crippen molar-refractivity contribution in [2.24, 2.45) is 0 Å². The highest BCUT2D eigenvalue weighted by molar-refractivity contribution is 8.76. The van der Waals surface area contributed by atoms with Gasteiger partial charge in [-0.3, -0.25) is 9.36 Å². The summed E-state index contributed by atoms with van der Waals surface area (Å²) in [6.07, 6.45) is 27.0. The zero-order valence-corrected chi connectivity index (χ0v) is 49.4. The van der Waals surface area contributed by atoms with Gasteiger partial charge in [0, 0.05) is 30.6 Å². The van der Waals surface area contributed by atoms with Crippen molar-refractivity contribution in [2.45, 2.75) is 168 Å². The first-order chi connectivity index (χ1) is 36.8. The maximum atomic E-state index is 13.2. The number of carbonyl (C=O) groups is 2. The first kappa shape index (κ1) is 71.3. The van der Waals surface area contributed by atoms with Crippen molar-refractivity contribution < 1.29 is 75.7 Å². The summed E-state index contributed by atoms with van der Waals surface area (Å²) in [5.74, 6) is 1.94. The van der Waals surface area contributed by atoms with Crippen LogP contribution >= 0.6 is 29.2 Å². The molecule has 0 aliphatic rings. The van der Waals surface area contributed by atoms with Crippen LogP contribution in [-0.4, -0.2) is 160 Å². The van der Waals surface area contributed by atoms with Crippen LogP contribution in [0.25, 0.3) is 0 Å². The Labute approximate surface area is 461 Å². The largest absolute Gasteiger partial charge is 0.493 e. The average Bonchev–Trinajstić information content (AvgIpc) is 3.40. The van der Waals surface area contributed by atoms with Crippen LogP contribution in [0.5, 0.6) is 11.5 Å². The first-order valence-electron chi connectivity index (χ1n) is 28.8. The van der Waals surface area contributed by atoms with E-state index in [9.17, 15) is 19.0 Å². The molecule has 0 spiro atoms. The standard InChI is InChI=1S/C56H103O16PS2/c1-4-7-9-11-13-15-17-19-21-24-29-68-53-49-52(50-54(51-53)69-30-25-22-20-18-16-14-12-10-8-5-2)56(58)71-45-48-75-74-47-44-70-55(57)27-23-26-28-61-31-32-62-33-34-63-35-36-64-37-38-65-39-40-66-41-42-67-43-46-73(59,60)72-6-3/h49-51H,4-48H2,1-3H3,(H,59,60). The molecule has 0 bridgehead atoms. The molecule has 0 saturated carbocycles. The van der Waals surface area contributed by atoms with Gasteiger partial charge in [-0.2, -0.15) is 0 Å². The van der Waals surface area contributed by atoms with Gasteiger partial charge < -0.3 is 61.5 Å². The molecule has 0 aliphatic carbocycles. The van der Waals surface area contributed by atoms with Crippen molar-refractivity contribution in [3.05, 3.63) is 23.8 Å². The molecule has 0 fully saturated rings. The highest BCUT2D eigenvalue weighted by Gasteiger charge is 2.17. The molecule has 1 aromatic rings. The van der Waals surface area contributed by atoms with Crippen molar-refractivity contribution in [2.75, 3.05) is 143 Å². The molecule has 19 heteroatoms. The third kappa shape index (κ3) is 50.3. The lowest BCUT2D eigenvalue weighted by atomic mass is 10.1. The van der Waals surface area contributed by atoms with Crippen LogP contribution in [0.2, 0.25) is 0 Å². The fraction of sp³-hybridized carbons (Fsp3) is 0.857. The zero-order valence-electron chi connectivity index (χ0n) is 46.9. The van der Waals surface area contributed by atoms with Gasteiger partial charge in [-0.05, 0) is 44.7 Å². The molecule has 1 rings (SSSR count). The Morgan fingerprint density at radius 3 is 1.20 bits per heavy atom. The SMILES string of the molecule is CCCCCCCCCCCCOc1cc(OCCCCCCCCCCCC)cc(C(=O)OCCSSCCOC(=O)CCCCOCCOCCOCCOCCOCCOCCOCCP(=O)(O)OCC)c1. The highest BCUT2D eigenvalue weighted by Crippen LogP contribution is 2.41. The number of hydrogen-bond donors (Lipinski definition) is 1. The fourth-order valence-corrected chi connectivity index (χ4v) is 9.93. The molecule has 0 radical (unpaired) electrons. The van der Waals surface area contributed by atoms with E-state index >= 15 is 0 Å². The number of hydrogen-bond acceptors (Lipinski definition) is 17. The summed E-state index contributed by atoms with van der Waals surface area (Å²) in [7, 11) is -0.374. The lowest BCUT2D eigenvalue weighted by Crippen LogP contribution is -2.15. The maximum absolute atomic E-state index is 13.2. The second-order valence-electron chi connectivity index (χ2n) is 18.3. The summed E-state index contributed by atoms with van der Waals surface area (Å²) in [6.45, 7) is 14.1. The number of benzene rings is 1. The fourth-order valence-electron chi connectivity index (χ4n) is 7.39. The summed E-state index contributed by atoms with van der Waals surface area (Å²) < 4.78 is 77.9. The summed E-state index contributed by atoms with van der Waals surface area (Å²) in [5.41, 5.74) is 0.437. The van der Waals surface area contributed by atoms with E-state index in [1.165, 1.54) is 103 Å². The van der Waals surface area contributed by atoms with Crippen LogP contribution < -0.4 is 9.47 Å². The van der Waals surface area contributed by atoms with Gasteiger partial charge in [0.15, 0.2) is 0 Å². The van der Waals surface area contributed by atoms with Crippen LogP contribution in [0.1, 0.15) is 179 Å². The van der Waals surface area contributed by atoms with E-state index < -0.39 is 13.6 Å². The second-order valence-corrected chi connectivity index (χ2v) is 23.0. The van der Waals surface area contributed by atoms with Crippen molar-refractivity contribution in [1.82, 2.24) is 0 Å². The van der Waals surface area contributed by atoms with Crippen molar-refractivity contribution >= 4 is 41.1 Å².